The number of rotatable bonds is 4. The van der Waals surface area contributed by atoms with Gasteiger partial charge in [0.25, 0.3) is 0 Å². The van der Waals surface area contributed by atoms with E-state index in [-0.39, 0.29) is 0 Å². The van der Waals surface area contributed by atoms with Crippen LogP contribution in [0.25, 0.3) is 0 Å². The SMILES string of the molecule is CCCC(C(=O)O)c1cccc(N)c1. The molecule has 0 amide bonds. The third-order valence-corrected chi connectivity index (χ3v) is 2.19. The van der Waals surface area contributed by atoms with Gasteiger partial charge in [0.15, 0.2) is 0 Å². The van der Waals surface area contributed by atoms with Crippen molar-refractivity contribution in [2.75, 3.05) is 5.73 Å². The highest BCUT2D eigenvalue weighted by Gasteiger charge is 2.18. The largest absolute Gasteiger partial charge is 0.481 e. The summed E-state index contributed by atoms with van der Waals surface area (Å²) in [7, 11) is 0. The van der Waals surface area contributed by atoms with E-state index in [2.05, 4.69) is 0 Å². The number of anilines is 1. The van der Waals surface area contributed by atoms with Crippen LogP contribution in [0, 0.1) is 0 Å². The molecule has 0 saturated carbocycles. The van der Waals surface area contributed by atoms with E-state index in [0.29, 0.717) is 12.1 Å². The minimum Gasteiger partial charge on any atom is -0.481 e. The van der Waals surface area contributed by atoms with E-state index in [1.807, 2.05) is 13.0 Å². The molecular formula is C11H15NO2. The maximum absolute atomic E-state index is 11.0. The predicted molar refractivity (Wildman–Crippen MR) is 56.1 cm³/mol. The molecule has 1 unspecified atom stereocenters. The van der Waals surface area contributed by atoms with Gasteiger partial charge < -0.3 is 10.8 Å². The summed E-state index contributed by atoms with van der Waals surface area (Å²) in [6.07, 6.45) is 1.50. The third kappa shape index (κ3) is 2.49. The topological polar surface area (TPSA) is 63.3 Å². The number of hydrogen-bond donors (Lipinski definition) is 2. The lowest BCUT2D eigenvalue weighted by Gasteiger charge is -2.11. The van der Waals surface area contributed by atoms with Gasteiger partial charge >= 0.3 is 5.97 Å². The molecule has 1 rings (SSSR count). The zero-order valence-electron chi connectivity index (χ0n) is 8.23. The lowest BCUT2D eigenvalue weighted by atomic mass is 9.94. The van der Waals surface area contributed by atoms with Crippen molar-refractivity contribution < 1.29 is 9.90 Å². The molecule has 0 spiro atoms. The van der Waals surface area contributed by atoms with E-state index < -0.39 is 11.9 Å². The van der Waals surface area contributed by atoms with E-state index >= 15 is 0 Å². The highest BCUT2D eigenvalue weighted by Crippen LogP contribution is 2.23. The zero-order valence-corrected chi connectivity index (χ0v) is 8.23. The quantitative estimate of drug-likeness (QED) is 0.721. The fourth-order valence-electron chi connectivity index (χ4n) is 1.50. The van der Waals surface area contributed by atoms with Crippen molar-refractivity contribution in [2.45, 2.75) is 25.7 Å². The van der Waals surface area contributed by atoms with Gasteiger partial charge in [0, 0.05) is 5.69 Å². The number of aliphatic carboxylic acids is 1. The van der Waals surface area contributed by atoms with Crippen molar-refractivity contribution >= 4 is 11.7 Å². The monoisotopic (exact) mass is 193 g/mol. The summed E-state index contributed by atoms with van der Waals surface area (Å²) in [5.41, 5.74) is 7.01. The Hall–Kier alpha value is -1.51. The van der Waals surface area contributed by atoms with E-state index in [1.54, 1.807) is 18.2 Å². The molecule has 1 atom stereocenters. The highest BCUT2D eigenvalue weighted by atomic mass is 16.4. The number of hydrogen-bond acceptors (Lipinski definition) is 2. The lowest BCUT2D eigenvalue weighted by Crippen LogP contribution is -2.11. The van der Waals surface area contributed by atoms with E-state index in [4.69, 9.17) is 10.8 Å². The highest BCUT2D eigenvalue weighted by molar-refractivity contribution is 5.76. The first-order valence-electron chi connectivity index (χ1n) is 4.73. The molecule has 0 fully saturated rings. The van der Waals surface area contributed by atoms with Gasteiger partial charge in [0.2, 0.25) is 0 Å². The fraction of sp³-hybridized carbons (Fsp3) is 0.364. The molecule has 0 aliphatic carbocycles. The summed E-state index contributed by atoms with van der Waals surface area (Å²) < 4.78 is 0. The maximum atomic E-state index is 11.0. The van der Waals surface area contributed by atoms with Crippen molar-refractivity contribution in [3.63, 3.8) is 0 Å². The van der Waals surface area contributed by atoms with Gasteiger partial charge in [0.1, 0.15) is 0 Å². The molecule has 0 heterocycles. The van der Waals surface area contributed by atoms with Crippen LogP contribution in [0.2, 0.25) is 0 Å². The van der Waals surface area contributed by atoms with Crippen LogP contribution in [0.1, 0.15) is 31.2 Å². The maximum Gasteiger partial charge on any atom is 0.310 e. The molecule has 0 saturated heterocycles. The minimum absolute atomic E-state index is 0.427. The second-order valence-corrected chi connectivity index (χ2v) is 3.35. The number of carbonyl (C=O) groups is 1. The summed E-state index contributed by atoms with van der Waals surface area (Å²) in [5, 5.41) is 9.01. The number of nitrogen functional groups attached to an aromatic ring is 1. The Labute approximate surface area is 83.6 Å². The molecule has 0 aromatic heterocycles. The zero-order chi connectivity index (χ0) is 10.6. The van der Waals surface area contributed by atoms with Crippen molar-refractivity contribution in [2.24, 2.45) is 0 Å². The van der Waals surface area contributed by atoms with E-state index in [0.717, 1.165) is 12.0 Å². The summed E-state index contributed by atoms with van der Waals surface area (Å²) >= 11 is 0. The Morgan fingerprint density at radius 2 is 2.29 bits per heavy atom. The standard InChI is InChI=1S/C11H15NO2/c1-2-4-10(11(13)14)8-5-3-6-9(12)7-8/h3,5-7,10H,2,4,12H2,1H3,(H,13,14). The van der Waals surface area contributed by atoms with Crippen LogP contribution in [0.4, 0.5) is 5.69 Å². The molecule has 3 N–H and O–H groups in total. The summed E-state index contributed by atoms with van der Waals surface area (Å²) in [5.74, 6) is -1.21. The van der Waals surface area contributed by atoms with Crippen molar-refractivity contribution in [1.29, 1.82) is 0 Å². The van der Waals surface area contributed by atoms with Gasteiger partial charge in [-0.2, -0.15) is 0 Å². The van der Waals surface area contributed by atoms with Gasteiger partial charge in [0.05, 0.1) is 5.92 Å². The van der Waals surface area contributed by atoms with Crippen molar-refractivity contribution in [1.82, 2.24) is 0 Å². The molecule has 0 bridgehead atoms. The van der Waals surface area contributed by atoms with Crippen LogP contribution in [-0.4, -0.2) is 11.1 Å². The van der Waals surface area contributed by atoms with Crippen molar-refractivity contribution in [3.8, 4) is 0 Å². The lowest BCUT2D eigenvalue weighted by molar-refractivity contribution is -0.139. The van der Waals surface area contributed by atoms with E-state index in [9.17, 15) is 4.79 Å². The second-order valence-electron chi connectivity index (χ2n) is 3.35. The molecule has 14 heavy (non-hydrogen) atoms. The van der Waals surface area contributed by atoms with Crippen LogP contribution < -0.4 is 5.73 Å². The third-order valence-electron chi connectivity index (χ3n) is 2.19. The fourth-order valence-corrected chi connectivity index (χ4v) is 1.50. The summed E-state index contributed by atoms with van der Waals surface area (Å²) in [4.78, 5) is 11.0. The average Bonchev–Trinajstić information content (AvgIpc) is 2.13. The minimum atomic E-state index is -0.780. The molecule has 3 heteroatoms. The van der Waals surface area contributed by atoms with Crippen LogP contribution >= 0.6 is 0 Å². The van der Waals surface area contributed by atoms with Crippen molar-refractivity contribution in [3.05, 3.63) is 29.8 Å². The molecule has 76 valence electrons. The number of nitrogens with two attached hydrogens (primary N) is 1. The summed E-state index contributed by atoms with van der Waals surface area (Å²) in [6, 6.07) is 7.09. The number of carboxylic acid groups (broad SMARTS) is 1. The van der Waals surface area contributed by atoms with Gasteiger partial charge in [-0.1, -0.05) is 25.5 Å². The first-order chi connectivity index (χ1) is 6.65. The molecule has 0 aliphatic rings. The van der Waals surface area contributed by atoms with Crippen LogP contribution in [0.5, 0.6) is 0 Å². The molecule has 1 aromatic carbocycles. The molecule has 0 aliphatic heterocycles. The Morgan fingerprint density at radius 3 is 2.79 bits per heavy atom. The predicted octanol–water partition coefficient (Wildman–Crippen LogP) is 2.24. The van der Waals surface area contributed by atoms with Gasteiger partial charge in [-0.3, -0.25) is 4.79 Å². The molecular weight excluding hydrogens is 178 g/mol. The van der Waals surface area contributed by atoms with E-state index in [1.165, 1.54) is 0 Å². The van der Waals surface area contributed by atoms with Crippen LogP contribution in [-0.2, 0) is 4.79 Å². The van der Waals surface area contributed by atoms with Gasteiger partial charge in [-0.05, 0) is 24.1 Å². The Balaban J connectivity index is 2.93. The van der Waals surface area contributed by atoms with Crippen LogP contribution in [0.3, 0.4) is 0 Å². The Morgan fingerprint density at radius 1 is 1.57 bits per heavy atom. The first-order valence-corrected chi connectivity index (χ1v) is 4.73. The smallest absolute Gasteiger partial charge is 0.310 e. The Bertz CT molecular complexity index is 323. The first kappa shape index (κ1) is 10.6. The average molecular weight is 193 g/mol. The number of benzene rings is 1. The Kier molecular flexibility index (Phi) is 3.51. The molecule has 0 radical (unpaired) electrons. The van der Waals surface area contributed by atoms with Crippen LogP contribution in [0.15, 0.2) is 24.3 Å². The molecule has 3 nitrogen and oxygen atoms in total. The van der Waals surface area contributed by atoms with Gasteiger partial charge in [-0.15, -0.1) is 0 Å². The molecule has 1 aromatic rings. The second kappa shape index (κ2) is 4.65. The number of carboxylic acids is 1. The van der Waals surface area contributed by atoms with Gasteiger partial charge in [-0.25, -0.2) is 0 Å². The summed E-state index contributed by atoms with van der Waals surface area (Å²) in [6.45, 7) is 1.97. The normalized spacial score (nSPS) is 12.4.